The van der Waals surface area contributed by atoms with Crippen LogP contribution in [0.25, 0.3) is 0 Å². The first-order chi connectivity index (χ1) is 20.5. The summed E-state index contributed by atoms with van der Waals surface area (Å²) in [5, 5.41) is 1.02. The number of carbonyl (C=O) groups is 1. The van der Waals surface area contributed by atoms with E-state index in [-0.39, 0.29) is 12.0 Å². The summed E-state index contributed by atoms with van der Waals surface area (Å²) in [7, 11) is 0. The maximum absolute atomic E-state index is 12.7. The molecular weight excluding hydrogens is 581 g/mol. The predicted molar refractivity (Wildman–Crippen MR) is 159 cm³/mol. The van der Waals surface area contributed by atoms with Crippen molar-refractivity contribution in [3.8, 4) is 5.75 Å². The third-order valence-corrected chi connectivity index (χ3v) is 8.43. The van der Waals surface area contributed by atoms with Crippen LogP contribution in [0.5, 0.6) is 5.75 Å². The summed E-state index contributed by atoms with van der Waals surface area (Å²) in [5.41, 5.74) is 1.82. The first-order valence-electron chi connectivity index (χ1n) is 14.3. The zero-order chi connectivity index (χ0) is 28.9. The van der Waals surface area contributed by atoms with E-state index in [4.69, 9.17) is 42.1 Å². The molecule has 2 atom stereocenters. The molecule has 0 saturated carbocycles. The van der Waals surface area contributed by atoms with Crippen LogP contribution in [-0.4, -0.2) is 104 Å². The molecule has 6 rings (SSSR count). The largest absolute Gasteiger partial charge is 0.491 e. The highest BCUT2D eigenvalue weighted by Crippen LogP contribution is 2.40. The van der Waals surface area contributed by atoms with E-state index in [0.717, 1.165) is 50.7 Å². The monoisotopic (exact) mass is 615 g/mol. The van der Waals surface area contributed by atoms with Gasteiger partial charge in [-0.2, -0.15) is 0 Å². The zero-order valence-corrected chi connectivity index (χ0v) is 24.9. The normalized spacial score (nSPS) is 23.3. The minimum absolute atomic E-state index is 0.200. The standard InChI is InChI=1S/C30H35Cl2N5O5/c31-23-1-6-27(28(32)17-23)30(21-35-8-7-33-22-35)41-20-26(42-30)19-40-25-4-2-24(3-5-25)36-9-11-37(12-10-36)29(38)18-34-13-15-39-16-14-34/h1-8,17,22,26H,9-16,18-21H2/t26-,30-/m1/s1. The van der Waals surface area contributed by atoms with Crippen molar-refractivity contribution in [2.45, 2.75) is 18.4 Å². The van der Waals surface area contributed by atoms with E-state index < -0.39 is 5.79 Å². The molecule has 0 radical (unpaired) electrons. The summed E-state index contributed by atoms with van der Waals surface area (Å²) in [5.74, 6) is -0.143. The molecular formula is C30H35Cl2N5O5. The molecule has 4 heterocycles. The molecule has 1 aromatic heterocycles. The Bertz CT molecular complexity index is 1330. The van der Waals surface area contributed by atoms with Gasteiger partial charge in [-0.15, -0.1) is 0 Å². The van der Waals surface area contributed by atoms with Crippen LogP contribution in [0.3, 0.4) is 0 Å². The van der Waals surface area contributed by atoms with Crippen molar-refractivity contribution in [1.82, 2.24) is 19.4 Å². The number of ether oxygens (including phenoxy) is 4. The second-order valence-corrected chi connectivity index (χ2v) is 11.6. The van der Waals surface area contributed by atoms with Gasteiger partial charge >= 0.3 is 0 Å². The molecule has 3 fully saturated rings. The van der Waals surface area contributed by atoms with E-state index in [1.807, 2.05) is 33.9 Å². The predicted octanol–water partition coefficient (Wildman–Crippen LogP) is 3.52. The lowest BCUT2D eigenvalue weighted by Gasteiger charge is -2.37. The Morgan fingerprint density at radius 3 is 2.52 bits per heavy atom. The molecule has 12 heteroatoms. The highest BCUT2D eigenvalue weighted by Gasteiger charge is 2.45. The number of amides is 1. The Morgan fingerprint density at radius 2 is 1.81 bits per heavy atom. The number of benzene rings is 2. The molecule has 0 unspecified atom stereocenters. The van der Waals surface area contributed by atoms with Crippen LogP contribution in [0.1, 0.15) is 5.56 Å². The Morgan fingerprint density at radius 1 is 1.02 bits per heavy atom. The van der Waals surface area contributed by atoms with Gasteiger partial charge in [0.25, 0.3) is 0 Å². The quantitative estimate of drug-likeness (QED) is 0.362. The SMILES string of the molecule is O=C(CN1CCOCC1)N1CCN(c2ccc(OC[C@@H]3CO[C@@](Cn4ccnc4)(c4ccc(Cl)cc4Cl)O3)cc2)CC1. The van der Waals surface area contributed by atoms with E-state index in [2.05, 4.69) is 26.9 Å². The van der Waals surface area contributed by atoms with Crippen molar-refractivity contribution in [2.24, 2.45) is 0 Å². The Hall–Kier alpha value is -2.86. The Balaban J connectivity index is 1.01. The number of imidazole rings is 1. The lowest BCUT2D eigenvalue weighted by atomic mass is 10.1. The molecule has 3 aliphatic rings. The number of carbonyl (C=O) groups excluding carboxylic acids is 1. The Labute approximate surface area is 255 Å². The highest BCUT2D eigenvalue weighted by atomic mass is 35.5. The minimum atomic E-state index is -1.09. The number of aromatic nitrogens is 2. The second-order valence-electron chi connectivity index (χ2n) is 10.7. The third kappa shape index (κ3) is 6.85. The number of piperazine rings is 1. The number of morpholine rings is 1. The summed E-state index contributed by atoms with van der Waals surface area (Å²) in [6.07, 6.45) is 4.98. The van der Waals surface area contributed by atoms with Crippen molar-refractivity contribution in [1.29, 1.82) is 0 Å². The van der Waals surface area contributed by atoms with Crippen molar-refractivity contribution >= 4 is 34.8 Å². The van der Waals surface area contributed by atoms with Gasteiger partial charge in [0, 0.05) is 67.9 Å². The van der Waals surface area contributed by atoms with Crippen LogP contribution in [0, 0.1) is 0 Å². The average Bonchev–Trinajstić information content (AvgIpc) is 3.67. The minimum Gasteiger partial charge on any atom is -0.491 e. The molecule has 2 aromatic carbocycles. The molecule has 3 aromatic rings. The number of halogens is 2. The van der Waals surface area contributed by atoms with Crippen LogP contribution in [0.2, 0.25) is 10.0 Å². The van der Waals surface area contributed by atoms with E-state index in [1.165, 1.54) is 0 Å². The maximum Gasteiger partial charge on any atom is 0.236 e. The molecule has 3 saturated heterocycles. The first-order valence-corrected chi connectivity index (χ1v) is 15.0. The van der Waals surface area contributed by atoms with E-state index >= 15 is 0 Å². The second kappa shape index (κ2) is 13.2. The lowest BCUT2D eigenvalue weighted by molar-refractivity contribution is -0.189. The topological polar surface area (TPSA) is 81.5 Å². The van der Waals surface area contributed by atoms with E-state index in [1.54, 1.807) is 24.7 Å². The van der Waals surface area contributed by atoms with Gasteiger partial charge < -0.3 is 33.3 Å². The van der Waals surface area contributed by atoms with E-state index in [9.17, 15) is 4.79 Å². The fraction of sp³-hybridized carbons (Fsp3) is 0.467. The fourth-order valence-electron chi connectivity index (χ4n) is 5.58. The molecule has 0 spiro atoms. The van der Waals surface area contributed by atoms with Gasteiger partial charge in [-0.25, -0.2) is 4.98 Å². The zero-order valence-electron chi connectivity index (χ0n) is 23.4. The van der Waals surface area contributed by atoms with Gasteiger partial charge in [0.2, 0.25) is 11.7 Å². The molecule has 224 valence electrons. The fourth-order valence-corrected chi connectivity index (χ4v) is 6.13. The highest BCUT2D eigenvalue weighted by molar-refractivity contribution is 6.35. The molecule has 0 N–H and O–H groups in total. The van der Waals surface area contributed by atoms with Gasteiger partial charge in [-0.1, -0.05) is 29.3 Å². The molecule has 1 amide bonds. The van der Waals surface area contributed by atoms with Crippen LogP contribution >= 0.6 is 23.2 Å². The molecule has 42 heavy (non-hydrogen) atoms. The van der Waals surface area contributed by atoms with E-state index in [0.29, 0.717) is 55.1 Å². The summed E-state index contributed by atoms with van der Waals surface area (Å²) >= 11 is 12.7. The lowest BCUT2D eigenvalue weighted by Crippen LogP contribution is -2.52. The number of rotatable bonds is 9. The van der Waals surface area contributed by atoms with Crippen LogP contribution in [0.15, 0.2) is 61.2 Å². The van der Waals surface area contributed by atoms with Crippen molar-refractivity contribution in [3.63, 3.8) is 0 Å². The molecule has 3 aliphatic heterocycles. The molecule has 0 bridgehead atoms. The van der Waals surface area contributed by atoms with Crippen molar-refractivity contribution < 1.29 is 23.7 Å². The smallest absolute Gasteiger partial charge is 0.236 e. The average molecular weight is 617 g/mol. The summed E-state index contributed by atoms with van der Waals surface area (Å²) in [4.78, 5) is 23.3. The number of anilines is 1. The Kier molecular flexibility index (Phi) is 9.18. The van der Waals surface area contributed by atoms with Crippen LogP contribution in [0.4, 0.5) is 5.69 Å². The number of nitrogens with zero attached hydrogens (tertiary/aromatic N) is 5. The van der Waals surface area contributed by atoms with Crippen molar-refractivity contribution in [3.05, 3.63) is 76.8 Å². The molecule has 10 nitrogen and oxygen atoms in total. The molecule has 0 aliphatic carbocycles. The number of hydrogen-bond acceptors (Lipinski definition) is 8. The van der Waals surface area contributed by atoms with Gasteiger partial charge in [0.05, 0.1) is 44.3 Å². The van der Waals surface area contributed by atoms with Gasteiger partial charge in [0.15, 0.2) is 0 Å². The summed E-state index contributed by atoms with van der Waals surface area (Å²) in [6, 6.07) is 13.4. The van der Waals surface area contributed by atoms with Gasteiger partial charge in [0.1, 0.15) is 18.5 Å². The van der Waals surface area contributed by atoms with Gasteiger partial charge in [-0.3, -0.25) is 9.69 Å². The van der Waals surface area contributed by atoms with Crippen molar-refractivity contribution in [2.75, 3.05) is 77.1 Å². The maximum atomic E-state index is 12.7. The first kappa shape index (κ1) is 29.2. The van der Waals surface area contributed by atoms with Crippen LogP contribution < -0.4 is 9.64 Å². The van der Waals surface area contributed by atoms with Crippen LogP contribution in [-0.2, 0) is 31.3 Å². The number of hydrogen-bond donors (Lipinski definition) is 0. The summed E-state index contributed by atoms with van der Waals surface area (Å²) < 4.78 is 26.1. The van der Waals surface area contributed by atoms with Gasteiger partial charge in [-0.05, 0) is 36.4 Å². The third-order valence-electron chi connectivity index (χ3n) is 7.88. The summed E-state index contributed by atoms with van der Waals surface area (Å²) in [6.45, 7) is 7.61.